The lowest BCUT2D eigenvalue weighted by Crippen LogP contribution is -2.23. The summed E-state index contributed by atoms with van der Waals surface area (Å²) in [4.78, 5) is 15.0. The molecule has 1 saturated carbocycles. The molecule has 0 bridgehead atoms. The smallest absolute Gasteiger partial charge is 0.404 e. The highest BCUT2D eigenvalue weighted by molar-refractivity contribution is 5.64. The fraction of sp³-hybridized carbons (Fsp3) is 0.471. The van der Waals surface area contributed by atoms with Crippen LogP contribution in [-0.2, 0) is 6.54 Å². The summed E-state index contributed by atoms with van der Waals surface area (Å²) in [6.07, 6.45) is 3.92. The number of carboxylic acid groups (broad SMARTS) is 1. The monoisotopic (exact) mass is 329 g/mol. The molecule has 1 unspecified atom stereocenters. The fourth-order valence-electron chi connectivity index (χ4n) is 2.65. The summed E-state index contributed by atoms with van der Waals surface area (Å²) < 4.78 is 1.92. The van der Waals surface area contributed by atoms with Gasteiger partial charge in [-0.05, 0) is 44.4 Å². The Labute approximate surface area is 141 Å². The molecule has 1 fully saturated rings. The van der Waals surface area contributed by atoms with E-state index in [1.54, 1.807) is 6.20 Å². The highest BCUT2D eigenvalue weighted by Gasteiger charge is 2.25. The summed E-state index contributed by atoms with van der Waals surface area (Å²) in [5.74, 6) is 0. The maximum atomic E-state index is 10.5. The lowest BCUT2D eigenvalue weighted by molar-refractivity contribution is 0.194. The van der Waals surface area contributed by atoms with E-state index in [2.05, 4.69) is 28.6 Å². The second kappa shape index (κ2) is 7.44. The van der Waals surface area contributed by atoms with E-state index < -0.39 is 6.09 Å². The van der Waals surface area contributed by atoms with Gasteiger partial charge in [0.05, 0.1) is 17.1 Å². The minimum Gasteiger partial charge on any atom is -0.465 e. The predicted molar refractivity (Wildman–Crippen MR) is 90.7 cm³/mol. The molecule has 2 aromatic heterocycles. The molecule has 2 aromatic rings. The van der Waals surface area contributed by atoms with E-state index in [-0.39, 0.29) is 6.04 Å². The van der Waals surface area contributed by atoms with Crippen molar-refractivity contribution in [1.29, 1.82) is 0 Å². The first-order chi connectivity index (χ1) is 11.6. The summed E-state index contributed by atoms with van der Waals surface area (Å²) >= 11 is 0. The van der Waals surface area contributed by atoms with Gasteiger partial charge in [-0.15, -0.1) is 0 Å². The van der Waals surface area contributed by atoms with Gasteiger partial charge in [0.2, 0.25) is 0 Å². The molecule has 1 atom stereocenters. The first-order valence-corrected chi connectivity index (χ1v) is 8.35. The zero-order chi connectivity index (χ0) is 16.9. The summed E-state index contributed by atoms with van der Waals surface area (Å²) in [6.45, 7) is 3.17. The van der Waals surface area contributed by atoms with Gasteiger partial charge in [-0.2, -0.15) is 5.10 Å². The second-order valence-corrected chi connectivity index (χ2v) is 6.14. The topological polar surface area (TPSA) is 92.1 Å². The summed E-state index contributed by atoms with van der Waals surface area (Å²) in [5.41, 5.74) is 2.83. The van der Waals surface area contributed by atoms with Gasteiger partial charge in [0, 0.05) is 31.4 Å². The number of aromatic nitrogens is 3. The largest absolute Gasteiger partial charge is 0.465 e. The molecule has 24 heavy (non-hydrogen) atoms. The Morgan fingerprint density at radius 2 is 2.29 bits per heavy atom. The van der Waals surface area contributed by atoms with Crippen LogP contribution in [0.15, 0.2) is 30.5 Å². The van der Waals surface area contributed by atoms with Crippen molar-refractivity contribution in [3.8, 4) is 11.4 Å². The molecule has 128 valence electrons. The van der Waals surface area contributed by atoms with Crippen LogP contribution in [0.5, 0.6) is 0 Å². The van der Waals surface area contributed by atoms with E-state index in [0.29, 0.717) is 25.6 Å². The first kappa shape index (κ1) is 16.4. The number of hydrogen-bond donors (Lipinski definition) is 3. The van der Waals surface area contributed by atoms with Crippen LogP contribution in [0.25, 0.3) is 11.4 Å². The Hall–Kier alpha value is -2.41. The molecule has 0 aromatic carbocycles. The van der Waals surface area contributed by atoms with Crippen molar-refractivity contribution >= 4 is 6.09 Å². The van der Waals surface area contributed by atoms with Crippen molar-refractivity contribution < 1.29 is 9.90 Å². The fourth-order valence-corrected chi connectivity index (χ4v) is 2.65. The molecule has 2 heterocycles. The van der Waals surface area contributed by atoms with Crippen molar-refractivity contribution in [3.63, 3.8) is 0 Å². The average molecular weight is 329 g/mol. The standard InChI is InChI=1S/C17H23N5O2/c1-12(20-13-6-7-13)15-11-16(14-5-2-3-8-18-14)22(21-15)10-4-9-19-17(23)24/h2-3,5,8,11-13,19-20H,4,6-7,9-10H2,1H3,(H,23,24). The quantitative estimate of drug-likeness (QED) is 0.647. The molecule has 1 aliphatic carbocycles. The first-order valence-electron chi connectivity index (χ1n) is 8.35. The molecule has 0 radical (unpaired) electrons. The molecule has 7 nitrogen and oxygen atoms in total. The maximum Gasteiger partial charge on any atom is 0.404 e. The number of amides is 1. The van der Waals surface area contributed by atoms with Gasteiger partial charge >= 0.3 is 6.09 Å². The minimum atomic E-state index is -0.997. The Bertz CT molecular complexity index is 682. The van der Waals surface area contributed by atoms with Crippen LogP contribution in [0.2, 0.25) is 0 Å². The Morgan fingerprint density at radius 1 is 1.46 bits per heavy atom. The number of pyridine rings is 1. The Kier molecular flexibility index (Phi) is 5.10. The highest BCUT2D eigenvalue weighted by Crippen LogP contribution is 2.26. The average Bonchev–Trinajstić information content (AvgIpc) is 3.28. The maximum absolute atomic E-state index is 10.5. The molecule has 0 spiro atoms. The molecule has 1 amide bonds. The Balaban J connectivity index is 1.75. The summed E-state index contributed by atoms with van der Waals surface area (Å²) in [6, 6.07) is 8.69. The predicted octanol–water partition coefficient (Wildman–Crippen LogP) is 2.42. The SMILES string of the molecule is CC(NC1CC1)c1cc(-c2ccccn2)n(CCCNC(=O)O)n1. The molecular weight excluding hydrogens is 306 g/mol. The third-order valence-electron chi connectivity index (χ3n) is 4.06. The minimum absolute atomic E-state index is 0.193. The third kappa shape index (κ3) is 4.32. The van der Waals surface area contributed by atoms with E-state index in [1.165, 1.54) is 12.8 Å². The van der Waals surface area contributed by atoms with Crippen LogP contribution in [0, 0.1) is 0 Å². The summed E-state index contributed by atoms with van der Waals surface area (Å²) in [7, 11) is 0. The highest BCUT2D eigenvalue weighted by atomic mass is 16.4. The van der Waals surface area contributed by atoms with Gasteiger partial charge in [-0.1, -0.05) is 6.07 Å². The zero-order valence-electron chi connectivity index (χ0n) is 13.8. The third-order valence-corrected chi connectivity index (χ3v) is 4.06. The van der Waals surface area contributed by atoms with Crippen molar-refractivity contribution in [2.45, 2.75) is 44.8 Å². The molecule has 1 aliphatic rings. The van der Waals surface area contributed by atoms with Crippen LogP contribution in [0.1, 0.15) is 37.9 Å². The normalized spacial score (nSPS) is 15.2. The van der Waals surface area contributed by atoms with Crippen molar-refractivity contribution in [2.75, 3.05) is 6.54 Å². The zero-order valence-corrected chi connectivity index (χ0v) is 13.8. The number of nitrogens with zero attached hydrogens (tertiary/aromatic N) is 3. The van der Waals surface area contributed by atoms with E-state index >= 15 is 0 Å². The van der Waals surface area contributed by atoms with Crippen LogP contribution in [-0.4, -0.2) is 38.6 Å². The van der Waals surface area contributed by atoms with Gasteiger partial charge in [-0.3, -0.25) is 9.67 Å². The molecule has 0 saturated heterocycles. The number of nitrogens with one attached hydrogen (secondary N) is 2. The lowest BCUT2D eigenvalue weighted by Gasteiger charge is -2.10. The van der Waals surface area contributed by atoms with E-state index in [9.17, 15) is 4.79 Å². The van der Waals surface area contributed by atoms with Crippen LogP contribution < -0.4 is 10.6 Å². The van der Waals surface area contributed by atoms with Gasteiger partial charge in [-0.25, -0.2) is 4.79 Å². The van der Waals surface area contributed by atoms with Gasteiger partial charge < -0.3 is 15.7 Å². The van der Waals surface area contributed by atoms with Gasteiger partial charge in [0.1, 0.15) is 0 Å². The van der Waals surface area contributed by atoms with Crippen LogP contribution in [0.4, 0.5) is 4.79 Å². The lowest BCUT2D eigenvalue weighted by atomic mass is 10.2. The molecule has 7 heteroatoms. The van der Waals surface area contributed by atoms with Crippen LogP contribution in [0.3, 0.4) is 0 Å². The number of hydrogen-bond acceptors (Lipinski definition) is 4. The van der Waals surface area contributed by atoms with Crippen LogP contribution >= 0.6 is 0 Å². The van der Waals surface area contributed by atoms with Crippen molar-refractivity contribution in [2.24, 2.45) is 0 Å². The molecular formula is C17H23N5O2. The summed E-state index contributed by atoms with van der Waals surface area (Å²) in [5, 5.41) is 19.3. The Morgan fingerprint density at radius 3 is 2.96 bits per heavy atom. The number of carbonyl (C=O) groups is 1. The van der Waals surface area contributed by atoms with Gasteiger partial charge in [0.15, 0.2) is 0 Å². The van der Waals surface area contributed by atoms with Crippen molar-refractivity contribution in [1.82, 2.24) is 25.4 Å². The van der Waals surface area contributed by atoms with E-state index in [0.717, 1.165) is 17.1 Å². The molecule has 0 aliphatic heterocycles. The van der Waals surface area contributed by atoms with Crippen molar-refractivity contribution in [3.05, 3.63) is 36.2 Å². The number of aryl methyl sites for hydroxylation is 1. The van der Waals surface area contributed by atoms with E-state index in [1.807, 2.05) is 22.9 Å². The van der Waals surface area contributed by atoms with E-state index in [4.69, 9.17) is 10.2 Å². The molecule has 3 N–H and O–H groups in total. The van der Waals surface area contributed by atoms with Gasteiger partial charge in [0.25, 0.3) is 0 Å². The second-order valence-electron chi connectivity index (χ2n) is 6.14. The molecule has 3 rings (SSSR count). The number of rotatable bonds is 8.